The SMILES string of the molecule is CC(NC(=O)C(CCCCN)NC(=O)C(N)CCC(N)=O)C(=O)NC(CCC(=O)O)C(=O)O. The molecule has 11 N–H and O–H groups in total. The zero-order valence-electron chi connectivity index (χ0n) is 18.5. The van der Waals surface area contributed by atoms with Crippen molar-refractivity contribution in [3.63, 3.8) is 0 Å². The van der Waals surface area contributed by atoms with Crippen LogP contribution in [0.25, 0.3) is 0 Å². The summed E-state index contributed by atoms with van der Waals surface area (Å²) < 4.78 is 0. The minimum absolute atomic E-state index is 0.00989. The van der Waals surface area contributed by atoms with Crippen LogP contribution in [0.2, 0.25) is 0 Å². The van der Waals surface area contributed by atoms with Crippen LogP contribution < -0.4 is 33.2 Å². The first kappa shape index (κ1) is 29.7. The van der Waals surface area contributed by atoms with E-state index in [9.17, 15) is 28.8 Å². The van der Waals surface area contributed by atoms with Gasteiger partial charge in [0, 0.05) is 12.8 Å². The van der Waals surface area contributed by atoms with Gasteiger partial charge in [-0.2, -0.15) is 0 Å². The zero-order valence-corrected chi connectivity index (χ0v) is 18.5. The molecular weight excluding hydrogens is 440 g/mol. The van der Waals surface area contributed by atoms with Crippen LogP contribution in [0.5, 0.6) is 0 Å². The highest BCUT2D eigenvalue weighted by molar-refractivity contribution is 5.94. The molecule has 0 aliphatic carbocycles. The molecule has 0 spiro atoms. The Balaban J connectivity index is 5.07. The number of nitrogens with one attached hydrogen (secondary N) is 3. The van der Waals surface area contributed by atoms with E-state index in [2.05, 4.69) is 16.0 Å². The van der Waals surface area contributed by atoms with Gasteiger partial charge < -0.3 is 43.4 Å². The van der Waals surface area contributed by atoms with Crippen LogP contribution in [0.15, 0.2) is 0 Å². The minimum atomic E-state index is -1.45. The van der Waals surface area contributed by atoms with Gasteiger partial charge in [-0.05, 0) is 45.6 Å². The molecule has 0 aromatic heterocycles. The van der Waals surface area contributed by atoms with Gasteiger partial charge in [0.2, 0.25) is 23.6 Å². The zero-order chi connectivity index (χ0) is 25.6. The number of carboxylic acids is 2. The first-order valence-corrected chi connectivity index (χ1v) is 10.5. The van der Waals surface area contributed by atoms with Crippen LogP contribution in [0.1, 0.15) is 51.9 Å². The van der Waals surface area contributed by atoms with Crippen molar-refractivity contribution >= 4 is 35.6 Å². The predicted molar refractivity (Wildman–Crippen MR) is 115 cm³/mol. The number of unbranched alkanes of at least 4 members (excludes halogenated alkanes) is 1. The molecule has 4 amide bonds. The standard InChI is InChI=1S/C19H34N6O8/c1-10(16(29)25-13(19(32)33)6-8-15(27)28)23-18(31)12(4-2-3-9-20)24-17(30)11(21)5-7-14(22)26/h10-13H,2-9,20-21H2,1H3,(H2,22,26)(H,23,31)(H,24,30)(H,25,29)(H,27,28)(H,32,33). The second kappa shape index (κ2) is 15.5. The molecule has 0 saturated carbocycles. The predicted octanol–water partition coefficient (Wildman–Crippen LogP) is -2.87. The molecule has 4 unspecified atom stereocenters. The number of amides is 4. The number of carbonyl (C=O) groups is 6. The molecule has 0 aliphatic heterocycles. The van der Waals surface area contributed by atoms with E-state index in [1.165, 1.54) is 6.92 Å². The van der Waals surface area contributed by atoms with E-state index in [1.807, 2.05) is 0 Å². The molecule has 0 saturated heterocycles. The lowest BCUT2D eigenvalue weighted by atomic mass is 10.1. The number of nitrogens with two attached hydrogens (primary N) is 3. The summed E-state index contributed by atoms with van der Waals surface area (Å²) in [4.78, 5) is 70.0. The molecule has 0 aromatic rings. The molecule has 4 atom stereocenters. The van der Waals surface area contributed by atoms with Crippen molar-refractivity contribution in [3.8, 4) is 0 Å². The number of primary amides is 1. The summed E-state index contributed by atoms with van der Waals surface area (Å²) in [6.45, 7) is 1.67. The maximum Gasteiger partial charge on any atom is 0.326 e. The Labute approximate surface area is 191 Å². The van der Waals surface area contributed by atoms with E-state index in [-0.39, 0.29) is 25.7 Å². The van der Waals surface area contributed by atoms with E-state index in [0.717, 1.165) is 0 Å². The molecule has 14 heteroatoms. The van der Waals surface area contributed by atoms with Crippen LogP contribution in [0, 0.1) is 0 Å². The fraction of sp³-hybridized carbons (Fsp3) is 0.684. The topological polar surface area (TPSA) is 257 Å². The Bertz CT molecular complexity index is 716. The van der Waals surface area contributed by atoms with Crippen molar-refractivity contribution < 1.29 is 39.0 Å². The van der Waals surface area contributed by atoms with E-state index < -0.39 is 66.2 Å². The first-order valence-electron chi connectivity index (χ1n) is 10.5. The second-order valence-electron chi connectivity index (χ2n) is 7.52. The van der Waals surface area contributed by atoms with Gasteiger partial charge in [-0.3, -0.25) is 24.0 Å². The summed E-state index contributed by atoms with van der Waals surface area (Å²) in [7, 11) is 0. The van der Waals surface area contributed by atoms with E-state index in [4.69, 9.17) is 27.4 Å². The summed E-state index contributed by atoms with van der Waals surface area (Å²) >= 11 is 0. The van der Waals surface area contributed by atoms with Crippen molar-refractivity contribution in [2.24, 2.45) is 17.2 Å². The van der Waals surface area contributed by atoms with Crippen LogP contribution in [-0.2, 0) is 28.8 Å². The van der Waals surface area contributed by atoms with Crippen LogP contribution >= 0.6 is 0 Å². The van der Waals surface area contributed by atoms with E-state index in [1.54, 1.807) is 0 Å². The molecule has 14 nitrogen and oxygen atoms in total. The largest absolute Gasteiger partial charge is 0.481 e. The normalized spacial score (nSPS) is 14.3. The van der Waals surface area contributed by atoms with Gasteiger partial charge in [0.1, 0.15) is 18.1 Å². The molecule has 0 aromatic carbocycles. The Morgan fingerprint density at radius 3 is 1.91 bits per heavy atom. The fourth-order valence-electron chi connectivity index (χ4n) is 2.67. The highest BCUT2D eigenvalue weighted by atomic mass is 16.4. The van der Waals surface area contributed by atoms with Crippen LogP contribution in [0.4, 0.5) is 0 Å². The maximum absolute atomic E-state index is 12.7. The Morgan fingerprint density at radius 2 is 1.39 bits per heavy atom. The Hall–Kier alpha value is -3.26. The lowest BCUT2D eigenvalue weighted by Gasteiger charge is -2.23. The number of carbonyl (C=O) groups excluding carboxylic acids is 4. The van der Waals surface area contributed by atoms with Crippen molar-refractivity contribution in [3.05, 3.63) is 0 Å². The van der Waals surface area contributed by atoms with Gasteiger partial charge in [0.05, 0.1) is 6.04 Å². The van der Waals surface area contributed by atoms with Gasteiger partial charge in [-0.25, -0.2) is 4.79 Å². The number of carboxylic acid groups (broad SMARTS) is 2. The molecule has 0 aliphatic rings. The van der Waals surface area contributed by atoms with Gasteiger partial charge in [0.25, 0.3) is 0 Å². The summed E-state index contributed by atoms with van der Waals surface area (Å²) in [5, 5.41) is 24.9. The summed E-state index contributed by atoms with van der Waals surface area (Å²) in [5.74, 6) is -5.49. The molecule has 0 fully saturated rings. The molecular formula is C19H34N6O8. The van der Waals surface area contributed by atoms with Gasteiger partial charge in [-0.1, -0.05) is 0 Å². The first-order chi connectivity index (χ1) is 15.4. The highest BCUT2D eigenvalue weighted by Crippen LogP contribution is 2.04. The Kier molecular flexibility index (Phi) is 14.0. The summed E-state index contributed by atoms with van der Waals surface area (Å²) in [6.07, 6.45) is 0.339. The molecule has 0 radical (unpaired) electrons. The highest BCUT2D eigenvalue weighted by Gasteiger charge is 2.28. The molecule has 0 heterocycles. The quantitative estimate of drug-likeness (QED) is 0.0999. The lowest BCUT2D eigenvalue weighted by Crippen LogP contribution is -2.56. The van der Waals surface area contributed by atoms with Crippen molar-refractivity contribution in [2.75, 3.05) is 6.54 Å². The van der Waals surface area contributed by atoms with Crippen molar-refractivity contribution in [1.82, 2.24) is 16.0 Å². The third-order valence-electron chi connectivity index (χ3n) is 4.63. The average molecular weight is 475 g/mol. The van der Waals surface area contributed by atoms with Crippen molar-refractivity contribution in [2.45, 2.75) is 76.0 Å². The minimum Gasteiger partial charge on any atom is -0.481 e. The average Bonchev–Trinajstić information content (AvgIpc) is 2.73. The smallest absolute Gasteiger partial charge is 0.326 e. The van der Waals surface area contributed by atoms with Gasteiger partial charge >= 0.3 is 11.9 Å². The van der Waals surface area contributed by atoms with Crippen molar-refractivity contribution in [1.29, 1.82) is 0 Å². The number of rotatable bonds is 17. The molecule has 33 heavy (non-hydrogen) atoms. The third kappa shape index (κ3) is 13.0. The van der Waals surface area contributed by atoms with Gasteiger partial charge in [0.15, 0.2) is 0 Å². The molecule has 0 bridgehead atoms. The lowest BCUT2D eigenvalue weighted by molar-refractivity contribution is -0.143. The number of hydrogen-bond donors (Lipinski definition) is 8. The maximum atomic E-state index is 12.7. The monoisotopic (exact) mass is 474 g/mol. The second-order valence-corrected chi connectivity index (χ2v) is 7.52. The van der Waals surface area contributed by atoms with Crippen LogP contribution in [-0.4, -0.2) is 76.5 Å². The van der Waals surface area contributed by atoms with Gasteiger partial charge in [-0.15, -0.1) is 0 Å². The third-order valence-corrected chi connectivity index (χ3v) is 4.63. The number of aliphatic carboxylic acids is 2. The number of hydrogen-bond acceptors (Lipinski definition) is 8. The summed E-state index contributed by atoms with van der Waals surface area (Å²) in [6, 6.07) is -4.76. The molecule has 188 valence electrons. The molecule has 0 rings (SSSR count). The fourth-order valence-corrected chi connectivity index (χ4v) is 2.67. The van der Waals surface area contributed by atoms with E-state index in [0.29, 0.717) is 19.4 Å². The summed E-state index contributed by atoms with van der Waals surface area (Å²) in [5.41, 5.74) is 16.2. The Morgan fingerprint density at radius 1 is 0.788 bits per heavy atom. The van der Waals surface area contributed by atoms with Crippen LogP contribution in [0.3, 0.4) is 0 Å². The van der Waals surface area contributed by atoms with E-state index >= 15 is 0 Å².